The molecule has 0 fully saturated rings. The van der Waals surface area contributed by atoms with Crippen molar-refractivity contribution in [1.29, 1.82) is 0 Å². The van der Waals surface area contributed by atoms with Gasteiger partial charge in [0, 0.05) is 40.0 Å². The van der Waals surface area contributed by atoms with Crippen LogP contribution in [0.2, 0.25) is 0 Å². The minimum atomic E-state index is -0.348. The third-order valence-electron chi connectivity index (χ3n) is 15.1. The van der Waals surface area contributed by atoms with Crippen LogP contribution in [-0.2, 0) is 10.8 Å². The van der Waals surface area contributed by atoms with Crippen molar-refractivity contribution in [2.24, 2.45) is 0 Å². The molecule has 6 heterocycles. The van der Waals surface area contributed by atoms with Crippen molar-refractivity contribution in [3.05, 3.63) is 198 Å². The Kier molecular flexibility index (Phi) is 37.0. The molecule has 100 heavy (non-hydrogen) atoms. The summed E-state index contributed by atoms with van der Waals surface area (Å²) in [5.41, 5.74) is 11.4. The molecular weight excluding hydrogens is 1260 g/mol. The number of H-pyrrole nitrogens is 3. The number of unbranched alkanes of at least 4 members (excludes halogenated alkanes) is 8. The highest BCUT2D eigenvalue weighted by molar-refractivity contribution is 6.14. The molecule has 0 spiro atoms. The Morgan fingerprint density at radius 1 is 0.620 bits per heavy atom. The van der Waals surface area contributed by atoms with Gasteiger partial charge in [-0.3, -0.25) is 14.4 Å². The van der Waals surface area contributed by atoms with Crippen LogP contribution in [0.25, 0.3) is 57.6 Å². The first kappa shape index (κ1) is 88.0. The molecule has 19 heteroatoms. The molecule has 0 atom stereocenters. The lowest BCUT2D eigenvalue weighted by Gasteiger charge is -2.15. The molecule has 0 radical (unpaired) electrons. The van der Waals surface area contributed by atoms with Gasteiger partial charge in [-0.25, -0.2) is 34.9 Å². The van der Waals surface area contributed by atoms with Gasteiger partial charge >= 0.3 is 29.1 Å². The van der Waals surface area contributed by atoms with E-state index in [9.17, 15) is 39.3 Å². The van der Waals surface area contributed by atoms with Crippen molar-refractivity contribution in [1.82, 2.24) is 30.2 Å². The number of carbonyl (C=O) groups excluding carboxylic acids is 3. The highest BCUT2D eigenvalue weighted by Crippen LogP contribution is 2.34. The Hall–Kier alpha value is -10.0. The Labute approximate surface area is 591 Å². The molecule has 0 unspecified atom stereocenters. The second-order valence-electron chi connectivity index (χ2n) is 26.0. The number of carbonyl (C=O) groups is 3. The van der Waals surface area contributed by atoms with Gasteiger partial charge < -0.3 is 42.6 Å². The van der Waals surface area contributed by atoms with Crippen molar-refractivity contribution in [3.63, 3.8) is 0 Å². The summed E-state index contributed by atoms with van der Waals surface area (Å²) in [6.45, 7) is 43.1. The van der Waals surface area contributed by atoms with Gasteiger partial charge in [0.15, 0.2) is 6.29 Å². The molecule has 19 nitrogen and oxygen atoms in total. The Balaban J connectivity index is 0.000000600. The van der Waals surface area contributed by atoms with Crippen LogP contribution in [0.5, 0.6) is 17.8 Å². The van der Waals surface area contributed by atoms with Crippen LogP contribution in [0.1, 0.15) is 289 Å². The van der Waals surface area contributed by atoms with Gasteiger partial charge in [0.05, 0.1) is 28.0 Å². The highest BCUT2D eigenvalue weighted by atomic mass is 16.5. The lowest BCUT2D eigenvalue weighted by atomic mass is 9.89. The van der Waals surface area contributed by atoms with Crippen LogP contribution in [0, 0.1) is 20.8 Å². The fourth-order valence-electron chi connectivity index (χ4n) is 9.80. The van der Waals surface area contributed by atoms with Crippen molar-refractivity contribution in [3.8, 4) is 17.8 Å². The first-order chi connectivity index (χ1) is 45.9. The molecule has 0 aliphatic rings. The van der Waals surface area contributed by atoms with E-state index < -0.39 is 0 Å². The van der Waals surface area contributed by atoms with E-state index in [2.05, 4.69) is 76.8 Å². The van der Waals surface area contributed by atoms with Gasteiger partial charge in [-0.05, 0) is 144 Å². The van der Waals surface area contributed by atoms with Gasteiger partial charge in [-0.1, -0.05) is 208 Å². The lowest BCUT2D eigenvalue weighted by Crippen LogP contribution is -2.14. The summed E-state index contributed by atoms with van der Waals surface area (Å²) in [5, 5.41) is 36.5. The molecule has 0 aliphatic carbocycles. The Morgan fingerprint density at radius 2 is 1.17 bits per heavy atom. The van der Waals surface area contributed by atoms with Crippen LogP contribution >= 0.6 is 0 Å². The standard InChI is InChI=1S/C18H15NO.C14H13NO3.C13H21NO3.C12H19NO2.C11H17NO2.C10H15NO2.3CH4/c1-4-12-8-16-15(14(5-2)11(12)3)9-13-6-7-19-18(13)17(16)10-20;1-9(2)8-11-14(17)18-13(15-11)12(16)10-6-4-3-5-7-10;1-3-4-5-6-7-8-9-11(15)12-14-10(2)13(16)17-12;1-4-5-6-7-8-9(2)11-10(3)12(14)15-13-11;1-7(2)6-8-9(13)14-10(12-8)11(3,4)5;1-5-6-7-8(10(2,3)4)11-13-9(7)12;;;/h4-10,19H,1-2H2,3H3;3-8,17H,1-2H3;16H,3-9H2,1-2H3;13H,2,4-8H2,1,3H3;6,13H,1-5H3;5-6,11H,1-4H3;3*1H4/b;;;;;6-5+;;;. The number of ketones is 2. The van der Waals surface area contributed by atoms with Crippen molar-refractivity contribution in [2.45, 2.75) is 221 Å². The maximum Gasteiger partial charge on any atom is 0.364 e. The quantitative estimate of drug-likeness (QED) is 0.0209. The van der Waals surface area contributed by atoms with Crippen LogP contribution in [0.15, 0.2) is 124 Å². The fraction of sp³-hybridized carbons (Fsp3) is 0.407. The number of aromatic hydroxyl groups is 3. The molecular formula is C81H112N6O13. The summed E-state index contributed by atoms with van der Waals surface area (Å²) < 4.78 is 24.5. The molecule has 0 saturated carbocycles. The number of aryl methyl sites for hydroxylation is 1. The Morgan fingerprint density at radius 3 is 1.68 bits per heavy atom. The largest absolute Gasteiger partial charge is 0.479 e. The predicted molar refractivity (Wildman–Crippen MR) is 410 cm³/mol. The van der Waals surface area contributed by atoms with Crippen LogP contribution in [0.4, 0.5) is 0 Å². The predicted octanol–water partition coefficient (Wildman–Crippen LogP) is 22.0. The van der Waals surface area contributed by atoms with Crippen LogP contribution in [0.3, 0.4) is 0 Å². The van der Waals surface area contributed by atoms with E-state index in [0.29, 0.717) is 46.0 Å². The molecule has 0 saturated heterocycles. The normalized spacial score (nSPS) is 10.6. The van der Waals surface area contributed by atoms with E-state index in [-0.39, 0.29) is 91.2 Å². The minimum Gasteiger partial charge on any atom is -0.479 e. The van der Waals surface area contributed by atoms with Gasteiger partial charge in [0.1, 0.15) is 17.1 Å². The van der Waals surface area contributed by atoms with E-state index >= 15 is 0 Å². The number of benzene rings is 3. The molecule has 9 aromatic rings. The van der Waals surface area contributed by atoms with Gasteiger partial charge in [-0.2, -0.15) is 0 Å². The summed E-state index contributed by atoms with van der Waals surface area (Å²) in [4.78, 5) is 72.7. The number of hydrogen-bond acceptors (Lipinski definition) is 16. The molecule has 3 aromatic carbocycles. The Bertz CT molecular complexity index is 4270. The lowest BCUT2D eigenvalue weighted by molar-refractivity contribution is 0.0938. The number of aldehydes is 1. The number of aromatic amines is 3. The van der Waals surface area contributed by atoms with Gasteiger partial charge in [0.2, 0.25) is 17.5 Å². The number of hydrogen-bond donors (Lipinski definition) is 6. The highest BCUT2D eigenvalue weighted by Gasteiger charge is 2.25. The van der Waals surface area contributed by atoms with Crippen molar-refractivity contribution < 1.29 is 52.0 Å². The average molecular weight is 1380 g/mol. The maximum atomic E-state index is 12.0. The zero-order chi connectivity index (χ0) is 72.3. The van der Waals surface area contributed by atoms with Gasteiger partial charge in [-0.15, -0.1) is 0 Å². The van der Waals surface area contributed by atoms with Gasteiger partial charge in [0.25, 0.3) is 11.8 Å². The topological polar surface area (TPSA) is 298 Å². The number of Topliss-reactive ketones (excluding diaryl/α,β-unsaturated/α-hetero) is 1. The molecule has 0 amide bonds. The molecule has 0 aliphatic heterocycles. The third kappa shape index (κ3) is 25.7. The fourth-order valence-corrected chi connectivity index (χ4v) is 9.80. The van der Waals surface area contributed by atoms with E-state index in [1.165, 1.54) is 44.9 Å². The maximum absolute atomic E-state index is 12.0. The first-order valence-electron chi connectivity index (χ1n) is 32.8. The van der Waals surface area contributed by atoms with Crippen molar-refractivity contribution >= 4 is 75.5 Å². The molecule has 6 N–H and O–H groups in total. The number of allylic oxidation sites excluding steroid dienone is 4. The molecule has 9 rings (SSSR count). The van der Waals surface area contributed by atoms with Crippen LogP contribution in [-0.4, -0.2) is 63.4 Å². The summed E-state index contributed by atoms with van der Waals surface area (Å²) >= 11 is 0. The number of oxazole rings is 3. The van der Waals surface area contributed by atoms with E-state index in [1.807, 2.05) is 119 Å². The smallest absolute Gasteiger partial charge is 0.364 e. The number of nitrogens with one attached hydrogen (secondary N) is 3. The number of aromatic nitrogens is 6. The van der Waals surface area contributed by atoms with E-state index in [0.717, 1.165) is 98.4 Å². The summed E-state index contributed by atoms with van der Waals surface area (Å²) in [5.74, 6) is -0.673. The summed E-state index contributed by atoms with van der Waals surface area (Å²) in [7, 11) is 0. The average Bonchev–Trinajstić information content (AvgIpc) is 1.08. The second-order valence-corrected chi connectivity index (χ2v) is 26.0. The zero-order valence-corrected chi connectivity index (χ0v) is 59.6. The molecule has 0 bridgehead atoms. The summed E-state index contributed by atoms with van der Waals surface area (Å²) in [6, 6.07) is 14.8. The molecule has 544 valence electrons. The van der Waals surface area contributed by atoms with Crippen LogP contribution < -0.4 is 11.3 Å². The van der Waals surface area contributed by atoms with E-state index in [1.54, 1.807) is 56.3 Å². The second kappa shape index (κ2) is 42.0. The summed E-state index contributed by atoms with van der Waals surface area (Å²) in [6.07, 6.45) is 26.5. The zero-order valence-electron chi connectivity index (χ0n) is 59.6. The number of rotatable bonds is 22. The monoisotopic (exact) mass is 1380 g/mol. The van der Waals surface area contributed by atoms with E-state index in [4.69, 9.17) is 22.3 Å². The first-order valence-corrected chi connectivity index (χ1v) is 32.8. The number of fused-ring (bicyclic) bond motifs is 2. The third-order valence-corrected chi connectivity index (χ3v) is 15.1. The van der Waals surface area contributed by atoms with Crippen molar-refractivity contribution in [2.75, 3.05) is 0 Å². The molecule has 6 aromatic heterocycles. The number of nitrogens with zero attached hydrogens (tertiary/aromatic N) is 3. The minimum absolute atomic E-state index is 0. The SMILES string of the molecule is C.C.C.C/C=C/c1c(C(C)(C)C)[nH]oc1=O.C=C(CCCCCC)c1[nH]oc(=O)c1C.C=Cc1cc2c(C=O)c3[nH]ccc3cc2c(C=C)c1C.CC(C)=Cc1nc(C(=O)c2ccccc2)oc1O.CC(C)=Cc1nc(C(C)(C)C)oc1O.CCCCCCCCC(=O)c1nc(C)c(O)o1.